The van der Waals surface area contributed by atoms with E-state index in [9.17, 15) is 9.59 Å². The van der Waals surface area contributed by atoms with Gasteiger partial charge >= 0.3 is 11.9 Å². The standard InChI is InChI=1S/C17H26O4/c1-6-16(2,3)15(19)20-11-8-9-7-10(11)13-12(9)14(18)21-17(13,4)5/h9-13H,6-8H2,1-5H3. The number of esters is 2. The normalized spacial score (nSPS) is 40.0. The molecule has 0 aromatic heterocycles. The van der Waals surface area contributed by atoms with Gasteiger partial charge in [0.2, 0.25) is 0 Å². The second kappa shape index (κ2) is 4.47. The van der Waals surface area contributed by atoms with Crippen LogP contribution in [0.25, 0.3) is 0 Å². The molecule has 3 fully saturated rings. The summed E-state index contributed by atoms with van der Waals surface area (Å²) in [6.45, 7) is 9.84. The first-order valence-electron chi connectivity index (χ1n) is 8.11. The highest BCUT2D eigenvalue weighted by atomic mass is 16.6. The number of rotatable bonds is 3. The zero-order chi connectivity index (χ0) is 15.6. The Morgan fingerprint density at radius 1 is 1.38 bits per heavy atom. The summed E-state index contributed by atoms with van der Waals surface area (Å²) in [5.41, 5.74) is -0.856. The maximum Gasteiger partial charge on any atom is 0.311 e. The maximum absolute atomic E-state index is 12.3. The molecule has 4 heteroatoms. The van der Waals surface area contributed by atoms with E-state index in [1.54, 1.807) is 0 Å². The van der Waals surface area contributed by atoms with Crippen LogP contribution >= 0.6 is 0 Å². The van der Waals surface area contributed by atoms with Crippen molar-refractivity contribution in [1.29, 1.82) is 0 Å². The Labute approximate surface area is 126 Å². The van der Waals surface area contributed by atoms with E-state index in [-0.39, 0.29) is 35.8 Å². The molecule has 1 aliphatic heterocycles. The highest BCUT2D eigenvalue weighted by molar-refractivity contribution is 5.78. The molecule has 21 heavy (non-hydrogen) atoms. The lowest BCUT2D eigenvalue weighted by atomic mass is 9.72. The van der Waals surface area contributed by atoms with Crippen LogP contribution in [0.1, 0.15) is 53.9 Å². The lowest BCUT2D eigenvalue weighted by Gasteiger charge is -2.36. The highest BCUT2D eigenvalue weighted by Crippen LogP contribution is 2.61. The largest absolute Gasteiger partial charge is 0.462 e. The van der Waals surface area contributed by atoms with Gasteiger partial charge in [0.1, 0.15) is 11.7 Å². The quantitative estimate of drug-likeness (QED) is 0.751. The topological polar surface area (TPSA) is 52.6 Å². The summed E-state index contributed by atoms with van der Waals surface area (Å²) in [4.78, 5) is 24.4. The van der Waals surface area contributed by atoms with Gasteiger partial charge in [-0.05, 0) is 52.9 Å². The van der Waals surface area contributed by atoms with E-state index in [0.29, 0.717) is 5.92 Å². The summed E-state index contributed by atoms with van der Waals surface area (Å²) in [6, 6.07) is 0. The summed E-state index contributed by atoms with van der Waals surface area (Å²) in [7, 11) is 0. The second-order valence-corrected chi connectivity index (χ2v) is 8.15. The highest BCUT2D eigenvalue weighted by Gasteiger charge is 2.66. The Balaban J connectivity index is 1.76. The Bertz CT molecular complexity index is 479. The molecule has 1 heterocycles. The van der Waals surface area contributed by atoms with Crippen LogP contribution in [0.2, 0.25) is 0 Å². The molecule has 0 aromatic rings. The first kappa shape index (κ1) is 14.9. The Hall–Kier alpha value is -1.06. The number of cyclic esters (lactones) is 1. The minimum Gasteiger partial charge on any atom is -0.462 e. The van der Waals surface area contributed by atoms with E-state index < -0.39 is 11.0 Å². The number of hydrogen-bond acceptors (Lipinski definition) is 4. The van der Waals surface area contributed by atoms with E-state index in [1.807, 2.05) is 34.6 Å². The first-order valence-corrected chi connectivity index (χ1v) is 8.11. The van der Waals surface area contributed by atoms with Gasteiger partial charge in [-0.1, -0.05) is 6.92 Å². The van der Waals surface area contributed by atoms with Gasteiger partial charge in [0.15, 0.2) is 0 Å². The van der Waals surface area contributed by atoms with Crippen LogP contribution in [-0.4, -0.2) is 23.6 Å². The maximum atomic E-state index is 12.3. The van der Waals surface area contributed by atoms with Crippen LogP contribution in [0.4, 0.5) is 0 Å². The molecule has 5 unspecified atom stereocenters. The van der Waals surface area contributed by atoms with Crippen molar-refractivity contribution in [2.45, 2.75) is 65.6 Å². The molecule has 2 aliphatic carbocycles. The lowest BCUT2D eigenvalue weighted by molar-refractivity contribution is -0.165. The summed E-state index contributed by atoms with van der Waals surface area (Å²) in [5, 5.41) is 0. The Kier molecular flexibility index (Phi) is 3.16. The molecule has 0 spiro atoms. The molecule has 2 saturated carbocycles. The van der Waals surface area contributed by atoms with Crippen molar-refractivity contribution in [3.8, 4) is 0 Å². The van der Waals surface area contributed by atoms with Crippen LogP contribution in [-0.2, 0) is 19.1 Å². The lowest BCUT2D eigenvalue weighted by Crippen LogP contribution is -2.42. The summed E-state index contributed by atoms with van der Waals surface area (Å²) < 4.78 is 11.4. The average molecular weight is 294 g/mol. The third kappa shape index (κ3) is 2.09. The van der Waals surface area contributed by atoms with E-state index in [0.717, 1.165) is 19.3 Å². The van der Waals surface area contributed by atoms with Gasteiger partial charge in [-0.3, -0.25) is 9.59 Å². The third-order valence-electron chi connectivity index (χ3n) is 6.08. The van der Waals surface area contributed by atoms with E-state index in [2.05, 4.69) is 0 Å². The Morgan fingerprint density at radius 3 is 2.67 bits per heavy atom. The van der Waals surface area contributed by atoms with E-state index in [4.69, 9.17) is 9.47 Å². The SMILES string of the molecule is CCC(C)(C)C(=O)OC1CC2CC1C1C2C(=O)OC1(C)C. The van der Waals surface area contributed by atoms with Gasteiger partial charge in [-0.15, -0.1) is 0 Å². The van der Waals surface area contributed by atoms with E-state index in [1.165, 1.54) is 0 Å². The first-order chi connectivity index (χ1) is 9.67. The van der Waals surface area contributed by atoms with Crippen LogP contribution in [0.5, 0.6) is 0 Å². The van der Waals surface area contributed by atoms with Crippen molar-refractivity contribution < 1.29 is 19.1 Å². The van der Waals surface area contributed by atoms with Crippen molar-refractivity contribution in [2.24, 2.45) is 29.1 Å². The molecule has 4 nitrogen and oxygen atoms in total. The molecule has 2 bridgehead atoms. The predicted octanol–water partition coefficient (Wildman–Crippen LogP) is 2.94. The summed E-state index contributed by atoms with van der Waals surface area (Å²) in [5.74, 6) is 0.679. The van der Waals surface area contributed by atoms with Gasteiger partial charge in [-0.25, -0.2) is 0 Å². The number of carbonyl (C=O) groups excluding carboxylic acids is 2. The fourth-order valence-corrected chi connectivity index (χ4v) is 4.56. The smallest absolute Gasteiger partial charge is 0.311 e. The van der Waals surface area contributed by atoms with Crippen LogP contribution in [0.3, 0.4) is 0 Å². The van der Waals surface area contributed by atoms with Crippen molar-refractivity contribution >= 4 is 11.9 Å². The number of fused-ring (bicyclic) bond motifs is 5. The summed E-state index contributed by atoms with van der Waals surface area (Å²) in [6.07, 6.45) is 2.55. The minimum absolute atomic E-state index is 0.0270. The zero-order valence-corrected chi connectivity index (χ0v) is 13.6. The van der Waals surface area contributed by atoms with Gasteiger partial charge < -0.3 is 9.47 Å². The van der Waals surface area contributed by atoms with Crippen LogP contribution in [0.15, 0.2) is 0 Å². The monoisotopic (exact) mass is 294 g/mol. The van der Waals surface area contributed by atoms with Gasteiger partial charge in [0.05, 0.1) is 11.3 Å². The molecular weight excluding hydrogens is 268 g/mol. The molecule has 0 radical (unpaired) electrons. The van der Waals surface area contributed by atoms with Crippen LogP contribution in [0, 0.1) is 29.1 Å². The fourth-order valence-electron chi connectivity index (χ4n) is 4.56. The molecule has 1 saturated heterocycles. The molecule has 5 atom stereocenters. The Morgan fingerprint density at radius 2 is 2.05 bits per heavy atom. The van der Waals surface area contributed by atoms with Crippen molar-refractivity contribution in [3.05, 3.63) is 0 Å². The third-order valence-corrected chi connectivity index (χ3v) is 6.08. The number of ether oxygens (including phenoxy) is 2. The molecule has 0 N–H and O–H groups in total. The fraction of sp³-hybridized carbons (Fsp3) is 0.882. The molecule has 0 amide bonds. The predicted molar refractivity (Wildman–Crippen MR) is 77.3 cm³/mol. The van der Waals surface area contributed by atoms with Gasteiger partial charge in [-0.2, -0.15) is 0 Å². The van der Waals surface area contributed by atoms with Gasteiger partial charge in [0, 0.05) is 11.8 Å². The molecule has 0 aromatic carbocycles. The average Bonchev–Trinajstić information content (AvgIpc) is 3.01. The van der Waals surface area contributed by atoms with Crippen molar-refractivity contribution in [2.75, 3.05) is 0 Å². The second-order valence-electron chi connectivity index (χ2n) is 8.15. The number of hydrogen-bond donors (Lipinski definition) is 0. The van der Waals surface area contributed by atoms with E-state index >= 15 is 0 Å². The molecule has 3 rings (SSSR count). The molecular formula is C17H26O4. The van der Waals surface area contributed by atoms with Gasteiger partial charge in [0.25, 0.3) is 0 Å². The minimum atomic E-state index is -0.432. The van der Waals surface area contributed by atoms with Crippen LogP contribution < -0.4 is 0 Å². The number of carbonyl (C=O) groups is 2. The van der Waals surface area contributed by atoms with Crippen molar-refractivity contribution in [3.63, 3.8) is 0 Å². The molecule has 118 valence electrons. The zero-order valence-electron chi connectivity index (χ0n) is 13.6. The molecule has 3 aliphatic rings. The van der Waals surface area contributed by atoms with Crippen molar-refractivity contribution in [1.82, 2.24) is 0 Å². The summed E-state index contributed by atoms with van der Waals surface area (Å²) >= 11 is 0.